The third-order valence-electron chi connectivity index (χ3n) is 4.21. The Hall–Kier alpha value is -3.41. The SMILES string of the molecule is FC(F)(F)c1ccc(-c2nc(-c3ccccc3)[nH]c2-c2ccncc2)cc1. The average Bonchev–Trinajstić information content (AvgIpc) is 3.14. The highest BCUT2D eigenvalue weighted by molar-refractivity contribution is 5.81. The highest BCUT2D eigenvalue weighted by atomic mass is 19.4. The lowest BCUT2D eigenvalue weighted by Crippen LogP contribution is -2.04. The summed E-state index contributed by atoms with van der Waals surface area (Å²) < 4.78 is 38.6. The number of alkyl halides is 3. The fourth-order valence-electron chi connectivity index (χ4n) is 2.86. The van der Waals surface area contributed by atoms with Crippen LogP contribution < -0.4 is 0 Å². The summed E-state index contributed by atoms with van der Waals surface area (Å²) in [6, 6.07) is 18.3. The van der Waals surface area contributed by atoms with Gasteiger partial charge in [-0.05, 0) is 24.3 Å². The van der Waals surface area contributed by atoms with Gasteiger partial charge in [-0.1, -0.05) is 42.5 Å². The maximum atomic E-state index is 12.9. The first-order valence-corrected chi connectivity index (χ1v) is 8.26. The summed E-state index contributed by atoms with van der Waals surface area (Å²) in [6.07, 6.45) is -1.04. The molecular weight excluding hydrogens is 351 g/mol. The van der Waals surface area contributed by atoms with Crippen LogP contribution in [-0.4, -0.2) is 15.0 Å². The molecule has 0 saturated carbocycles. The quantitative estimate of drug-likeness (QED) is 0.497. The minimum atomic E-state index is -4.37. The first-order valence-electron chi connectivity index (χ1n) is 8.26. The summed E-state index contributed by atoms with van der Waals surface area (Å²) in [5.41, 5.74) is 2.99. The van der Waals surface area contributed by atoms with Crippen molar-refractivity contribution >= 4 is 0 Å². The maximum Gasteiger partial charge on any atom is 0.416 e. The van der Waals surface area contributed by atoms with Gasteiger partial charge in [0.2, 0.25) is 0 Å². The highest BCUT2D eigenvalue weighted by Crippen LogP contribution is 2.35. The van der Waals surface area contributed by atoms with Crippen LogP contribution >= 0.6 is 0 Å². The van der Waals surface area contributed by atoms with Gasteiger partial charge in [-0.15, -0.1) is 0 Å². The minimum absolute atomic E-state index is 0.591. The molecule has 0 saturated heterocycles. The van der Waals surface area contributed by atoms with Gasteiger partial charge in [0.15, 0.2) is 0 Å². The van der Waals surface area contributed by atoms with Crippen molar-refractivity contribution in [2.75, 3.05) is 0 Å². The lowest BCUT2D eigenvalue weighted by atomic mass is 10.0. The summed E-state index contributed by atoms with van der Waals surface area (Å²) in [6.45, 7) is 0. The standard InChI is InChI=1S/C21H14F3N3/c22-21(23,24)17-8-6-14(7-9-17)18-19(15-10-12-25-13-11-15)27-20(26-18)16-4-2-1-3-5-16/h1-13H,(H,26,27). The number of pyridine rings is 1. The normalized spacial score (nSPS) is 11.5. The number of halogens is 3. The molecule has 3 nitrogen and oxygen atoms in total. The van der Waals surface area contributed by atoms with Crippen molar-refractivity contribution in [3.8, 4) is 33.9 Å². The summed E-state index contributed by atoms with van der Waals surface area (Å²) in [5, 5.41) is 0. The number of aromatic nitrogens is 3. The predicted molar refractivity (Wildman–Crippen MR) is 97.7 cm³/mol. The molecule has 0 atom stereocenters. The first-order chi connectivity index (χ1) is 13.0. The topological polar surface area (TPSA) is 41.6 Å². The Morgan fingerprint density at radius 2 is 1.37 bits per heavy atom. The number of rotatable bonds is 3. The molecule has 0 radical (unpaired) electrons. The Kier molecular flexibility index (Phi) is 4.24. The number of hydrogen-bond donors (Lipinski definition) is 1. The second-order valence-corrected chi connectivity index (χ2v) is 5.99. The van der Waals surface area contributed by atoms with E-state index >= 15 is 0 Å². The molecule has 2 aromatic carbocycles. The van der Waals surface area contributed by atoms with Crippen molar-refractivity contribution in [2.45, 2.75) is 6.18 Å². The van der Waals surface area contributed by atoms with E-state index < -0.39 is 11.7 Å². The molecule has 4 aromatic rings. The van der Waals surface area contributed by atoms with Crippen LogP contribution in [0, 0.1) is 0 Å². The molecule has 4 rings (SSSR count). The summed E-state index contributed by atoms with van der Waals surface area (Å²) in [7, 11) is 0. The van der Waals surface area contributed by atoms with E-state index in [1.54, 1.807) is 12.4 Å². The second kappa shape index (κ2) is 6.72. The molecule has 0 fully saturated rings. The highest BCUT2D eigenvalue weighted by Gasteiger charge is 2.30. The second-order valence-electron chi connectivity index (χ2n) is 5.99. The van der Waals surface area contributed by atoms with Gasteiger partial charge in [-0.2, -0.15) is 13.2 Å². The zero-order valence-electron chi connectivity index (χ0n) is 14.0. The lowest BCUT2D eigenvalue weighted by molar-refractivity contribution is -0.137. The number of H-pyrrole nitrogens is 1. The van der Waals surface area contributed by atoms with Crippen molar-refractivity contribution in [1.82, 2.24) is 15.0 Å². The summed E-state index contributed by atoms with van der Waals surface area (Å²) in [4.78, 5) is 12.0. The monoisotopic (exact) mass is 365 g/mol. The van der Waals surface area contributed by atoms with E-state index in [0.717, 1.165) is 29.0 Å². The third kappa shape index (κ3) is 3.46. The van der Waals surface area contributed by atoms with Gasteiger partial charge in [0.25, 0.3) is 0 Å². The fourth-order valence-corrected chi connectivity index (χ4v) is 2.86. The van der Waals surface area contributed by atoms with Crippen LogP contribution in [0.1, 0.15) is 5.56 Å². The molecule has 0 amide bonds. The van der Waals surface area contributed by atoms with Crippen molar-refractivity contribution in [3.63, 3.8) is 0 Å². The zero-order valence-corrected chi connectivity index (χ0v) is 14.0. The van der Waals surface area contributed by atoms with Gasteiger partial charge in [-0.25, -0.2) is 4.98 Å². The average molecular weight is 365 g/mol. The summed E-state index contributed by atoms with van der Waals surface area (Å²) >= 11 is 0. The smallest absolute Gasteiger partial charge is 0.337 e. The van der Waals surface area contributed by atoms with Crippen molar-refractivity contribution in [3.05, 3.63) is 84.7 Å². The van der Waals surface area contributed by atoms with Gasteiger partial charge in [0, 0.05) is 29.1 Å². The van der Waals surface area contributed by atoms with Gasteiger partial charge in [-0.3, -0.25) is 4.98 Å². The van der Waals surface area contributed by atoms with Crippen molar-refractivity contribution in [1.29, 1.82) is 0 Å². The molecule has 1 N–H and O–H groups in total. The van der Waals surface area contributed by atoms with E-state index in [1.165, 1.54) is 12.1 Å². The number of imidazole rings is 1. The fraction of sp³-hybridized carbons (Fsp3) is 0.0476. The van der Waals surface area contributed by atoms with Crippen LogP contribution in [-0.2, 0) is 6.18 Å². The van der Waals surface area contributed by atoms with Crippen LogP contribution in [0.4, 0.5) is 13.2 Å². The van der Waals surface area contributed by atoms with Crippen LogP contribution in [0.2, 0.25) is 0 Å². The van der Waals surface area contributed by atoms with Crippen LogP contribution in [0.3, 0.4) is 0 Å². The first kappa shape index (κ1) is 17.0. The molecular formula is C21H14F3N3. The Bertz CT molecular complexity index is 1040. The predicted octanol–water partition coefficient (Wildman–Crippen LogP) is 5.82. The lowest BCUT2D eigenvalue weighted by Gasteiger charge is -2.07. The van der Waals surface area contributed by atoms with E-state index in [9.17, 15) is 13.2 Å². The molecule has 134 valence electrons. The van der Waals surface area contributed by atoms with Crippen LogP contribution in [0.5, 0.6) is 0 Å². The van der Waals surface area contributed by atoms with Crippen LogP contribution in [0.15, 0.2) is 79.1 Å². The van der Waals surface area contributed by atoms with E-state index in [2.05, 4.69) is 15.0 Å². The van der Waals surface area contributed by atoms with E-state index in [4.69, 9.17) is 0 Å². The molecule has 2 aromatic heterocycles. The number of hydrogen-bond acceptors (Lipinski definition) is 2. The van der Waals surface area contributed by atoms with Gasteiger partial charge >= 0.3 is 6.18 Å². The Morgan fingerprint density at radius 3 is 2.00 bits per heavy atom. The van der Waals surface area contributed by atoms with Crippen molar-refractivity contribution in [2.24, 2.45) is 0 Å². The van der Waals surface area contributed by atoms with Gasteiger partial charge in [0.1, 0.15) is 5.82 Å². The number of aromatic amines is 1. The summed E-state index contributed by atoms with van der Waals surface area (Å²) in [5.74, 6) is 0.650. The van der Waals surface area contributed by atoms with Gasteiger partial charge < -0.3 is 4.98 Å². The zero-order chi connectivity index (χ0) is 18.9. The van der Waals surface area contributed by atoms with E-state index in [1.807, 2.05) is 42.5 Å². The molecule has 0 aliphatic rings. The molecule has 6 heteroatoms. The molecule has 0 unspecified atom stereocenters. The Labute approximate surface area is 153 Å². The molecule has 2 heterocycles. The van der Waals surface area contributed by atoms with E-state index in [0.29, 0.717) is 17.1 Å². The maximum absolute atomic E-state index is 12.9. The largest absolute Gasteiger partial charge is 0.416 e. The van der Waals surface area contributed by atoms with Crippen molar-refractivity contribution < 1.29 is 13.2 Å². The van der Waals surface area contributed by atoms with E-state index in [-0.39, 0.29) is 0 Å². The molecule has 0 bridgehead atoms. The molecule has 0 aliphatic carbocycles. The van der Waals surface area contributed by atoms with Gasteiger partial charge in [0.05, 0.1) is 17.0 Å². The number of nitrogens with zero attached hydrogens (tertiary/aromatic N) is 2. The number of nitrogens with one attached hydrogen (secondary N) is 1. The number of benzene rings is 2. The Morgan fingerprint density at radius 1 is 0.704 bits per heavy atom. The molecule has 0 spiro atoms. The van der Waals surface area contributed by atoms with Crippen LogP contribution in [0.25, 0.3) is 33.9 Å². The Balaban J connectivity index is 1.85. The third-order valence-corrected chi connectivity index (χ3v) is 4.21. The molecule has 0 aliphatic heterocycles. The minimum Gasteiger partial charge on any atom is -0.337 e. The molecule has 27 heavy (non-hydrogen) atoms.